The standard InChI is InChI=1S/C14H13NO2.ClH/c1-11(13-8-5-9-15-10-13)17-14(16)12-6-3-2-4-7-12;/h2-11H,1H3;1H. The summed E-state index contributed by atoms with van der Waals surface area (Å²) in [5.41, 5.74) is 1.44. The molecular weight excluding hydrogens is 250 g/mol. The molecule has 1 aromatic carbocycles. The third-order valence-electron chi connectivity index (χ3n) is 2.45. The largest absolute Gasteiger partial charge is 0.454 e. The lowest BCUT2D eigenvalue weighted by atomic mass is 10.2. The van der Waals surface area contributed by atoms with Gasteiger partial charge in [0.15, 0.2) is 0 Å². The van der Waals surface area contributed by atoms with Gasteiger partial charge in [-0.2, -0.15) is 0 Å². The minimum Gasteiger partial charge on any atom is -0.454 e. The van der Waals surface area contributed by atoms with Gasteiger partial charge in [0.05, 0.1) is 5.56 Å². The number of carbonyl (C=O) groups excluding carboxylic acids is 1. The van der Waals surface area contributed by atoms with Crippen LogP contribution in [0.4, 0.5) is 0 Å². The van der Waals surface area contributed by atoms with E-state index in [0.29, 0.717) is 5.56 Å². The number of esters is 1. The van der Waals surface area contributed by atoms with Crippen molar-refractivity contribution in [1.82, 2.24) is 4.98 Å². The molecule has 1 atom stereocenters. The van der Waals surface area contributed by atoms with Gasteiger partial charge in [-0.05, 0) is 25.1 Å². The van der Waals surface area contributed by atoms with Gasteiger partial charge in [-0.25, -0.2) is 4.79 Å². The first-order valence-corrected chi connectivity index (χ1v) is 5.43. The highest BCUT2D eigenvalue weighted by molar-refractivity contribution is 5.89. The summed E-state index contributed by atoms with van der Waals surface area (Å²) in [5, 5.41) is 0. The second-order valence-electron chi connectivity index (χ2n) is 3.70. The normalized spacial score (nSPS) is 11.2. The number of halogens is 1. The molecule has 0 amide bonds. The Kier molecular flexibility index (Phi) is 5.33. The van der Waals surface area contributed by atoms with Crippen molar-refractivity contribution in [3.05, 3.63) is 66.0 Å². The molecule has 0 saturated carbocycles. The second kappa shape index (κ2) is 6.77. The molecule has 3 nitrogen and oxygen atoms in total. The average molecular weight is 264 g/mol. The van der Waals surface area contributed by atoms with Crippen molar-refractivity contribution in [3.63, 3.8) is 0 Å². The van der Waals surface area contributed by atoms with Gasteiger partial charge in [0.1, 0.15) is 6.10 Å². The summed E-state index contributed by atoms with van der Waals surface area (Å²) < 4.78 is 5.34. The fourth-order valence-electron chi connectivity index (χ4n) is 1.49. The van der Waals surface area contributed by atoms with E-state index in [0.717, 1.165) is 5.56 Å². The smallest absolute Gasteiger partial charge is 0.338 e. The summed E-state index contributed by atoms with van der Waals surface area (Å²) in [6.45, 7) is 1.83. The van der Waals surface area contributed by atoms with Gasteiger partial charge in [0.25, 0.3) is 0 Å². The molecule has 0 aliphatic heterocycles. The van der Waals surface area contributed by atoms with Crippen LogP contribution in [0.15, 0.2) is 54.9 Å². The number of hydrogen-bond acceptors (Lipinski definition) is 3. The lowest BCUT2D eigenvalue weighted by Gasteiger charge is -2.12. The highest BCUT2D eigenvalue weighted by atomic mass is 35.5. The molecule has 0 aliphatic rings. The summed E-state index contributed by atoms with van der Waals surface area (Å²) in [7, 11) is 0. The quantitative estimate of drug-likeness (QED) is 0.797. The van der Waals surface area contributed by atoms with Crippen molar-refractivity contribution in [2.75, 3.05) is 0 Å². The minimum absolute atomic E-state index is 0. The molecule has 94 valence electrons. The van der Waals surface area contributed by atoms with Gasteiger partial charge >= 0.3 is 5.97 Å². The van der Waals surface area contributed by atoms with E-state index in [9.17, 15) is 4.79 Å². The molecule has 0 radical (unpaired) electrons. The number of rotatable bonds is 3. The van der Waals surface area contributed by atoms with Gasteiger partial charge in [0.2, 0.25) is 0 Å². The summed E-state index contributed by atoms with van der Waals surface area (Å²) in [6, 6.07) is 12.7. The monoisotopic (exact) mass is 263 g/mol. The maximum atomic E-state index is 11.8. The molecule has 2 aromatic rings. The molecule has 1 heterocycles. The number of carbonyl (C=O) groups is 1. The Morgan fingerprint density at radius 1 is 1.17 bits per heavy atom. The minimum atomic E-state index is -0.318. The predicted molar refractivity (Wildman–Crippen MR) is 71.8 cm³/mol. The molecule has 4 heteroatoms. The fourth-order valence-corrected chi connectivity index (χ4v) is 1.49. The number of pyridine rings is 1. The molecule has 0 bridgehead atoms. The van der Waals surface area contributed by atoms with E-state index in [2.05, 4.69) is 4.98 Å². The molecule has 0 N–H and O–H groups in total. The fraction of sp³-hybridized carbons (Fsp3) is 0.143. The third kappa shape index (κ3) is 3.57. The van der Waals surface area contributed by atoms with Crippen LogP contribution in [0.5, 0.6) is 0 Å². The van der Waals surface area contributed by atoms with Crippen molar-refractivity contribution < 1.29 is 9.53 Å². The molecule has 2 rings (SSSR count). The van der Waals surface area contributed by atoms with Crippen LogP contribution in [0, 0.1) is 0 Å². The van der Waals surface area contributed by atoms with E-state index in [4.69, 9.17) is 4.74 Å². The van der Waals surface area contributed by atoms with Crippen molar-refractivity contribution in [3.8, 4) is 0 Å². The molecule has 0 aliphatic carbocycles. The lowest BCUT2D eigenvalue weighted by molar-refractivity contribution is 0.0337. The van der Waals surface area contributed by atoms with Crippen molar-refractivity contribution in [1.29, 1.82) is 0 Å². The zero-order chi connectivity index (χ0) is 12.1. The summed E-state index contributed by atoms with van der Waals surface area (Å²) in [5.74, 6) is -0.318. The van der Waals surface area contributed by atoms with Gasteiger partial charge in [-0.1, -0.05) is 24.3 Å². The van der Waals surface area contributed by atoms with Crippen LogP contribution in [0.25, 0.3) is 0 Å². The average Bonchev–Trinajstić information content (AvgIpc) is 2.40. The third-order valence-corrected chi connectivity index (χ3v) is 2.45. The molecular formula is C14H14ClNO2. The first kappa shape index (κ1) is 14.2. The number of nitrogens with zero attached hydrogens (tertiary/aromatic N) is 1. The van der Waals surface area contributed by atoms with Gasteiger partial charge < -0.3 is 4.74 Å². The van der Waals surface area contributed by atoms with Crippen LogP contribution >= 0.6 is 12.4 Å². The SMILES string of the molecule is CC(OC(=O)c1ccccc1)c1cccnc1.Cl. The number of aromatic nitrogens is 1. The Morgan fingerprint density at radius 2 is 1.89 bits per heavy atom. The highest BCUT2D eigenvalue weighted by Gasteiger charge is 2.12. The Balaban J connectivity index is 0.00000162. The van der Waals surface area contributed by atoms with Crippen LogP contribution < -0.4 is 0 Å². The van der Waals surface area contributed by atoms with Crippen LogP contribution in [-0.2, 0) is 4.74 Å². The predicted octanol–water partition coefficient (Wildman–Crippen LogP) is 3.42. The summed E-state index contributed by atoms with van der Waals surface area (Å²) in [4.78, 5) is 15.8. The Bertz CT molecular complexity index is 488. The highest BCUT2D eigenvalue weighted by Crippen LogP contribution is 2.17. The zero-order valence-electron chi connectivity index (χ0n) is 9.95. The van der Waals surface area contributed by atoms with E-state index in [-0.39, 0.29) is 24.5 Å². The van der Waals surface area contributed by atoms with Crippen molar-refractivity contribution in [2.45, 2.75) is 13.0 Å². The first-order valence-electron chi connectivity index (χ1n) is 5.43. The van der Waals surface area contributed by atoms with E-state index in [1.54, 1.807) is 24.5 Å². The topological polar surface area (TPSA) is 39.2 Å². The maximum Gasteiger partial charge on any atom is 0.338 e. The Labute approximate surface area is 112 Å². The van der Waals surface area contributed by atoms with E-state index in [1.807, 2.05) is 37.3 Å². The molecule has 18 heavy (non-hydrogen) atoms. The second-order valence-corrected chi connectivity index (χ2v) is 3.70. The van der Waals surface area contributed by atoms with Gasteiger partial charge in [0, 0.05) is 18.0 Å². The molecule has 1 unspecified atom stereocenters. The summed E-state index contributed by atoms with van der Waals surface area (Å²) in [6.07, 6.45) is 3.09. The number of benzene rings is 1. The van der Waals surface area contributed by atoms with Crippen molar-refractivity contribution >= 4 is 18.4 Å². The number of ether oxygens (including phenoxy) is 1. The Morgan fingerprint density at radius 3 is 2.50 bits per heavy atom. The van der Waals surface area contributed by atoms with Crippen LogP contribution in [0.3, 0.4) is 0 Å². The lowest BCUT2D eigenvalue weighted by Crippen LogP contribution is -2.09. The number of hydrogen-bond donors (Lipinski definition) is 0. The van der Waals surface area contributed by atoms with E-state index in [1.165, 1.54) is 0 Å². The summed E-state index contributed by atoms with van der Waals surface area (Å²) >= 11 is 0. The zero-order valence-corrected chi connectivity index (χ0v) is 10.8. The van der Waals surface area contributed by atoms with E-state index < -0.39 is 0 Å². The molecule has 0 fully saturated rings. The molecule has 1 aromatic heterocycles. The van der Waals surface area contributed by atoms with Crippen LogP contribution in [-0.4, -0.2) is 11.0 Å². The first-order chi connectivity index (χ1) is 8.27. The van der Waals surface area contributed by atoms with Gasteiger partial charge in [-0.3, -0.25) is 4.98 Å². The Hall–Kier alpha value is -1.87. The van der Waals surface area contributed by atoms with Crippen LogP contribution in [0.1, 0.15) is 28.9 Å². The maximum absolute atomic E-state index is 11.8. The van der Waals surface area contributed by atoms with Crippen LogP contribution in [0.2, 0.25) is 0 Å². The molecule has 0 saturated heterocycles. The molecule has 0 spiro atoms. The van der Waals surface area contributed by atoms with Gasteiger partial charge in [-0.15, -0.1) is 12.4 Å². The van der Waals surface area contributed by atoms with E-state index >= 15 is 0 Å². The van der Waals surface area contributed by atoms with Crippen molar-refractivity contribution in [2.24, 2.45) is 0 Å².